The largest absolute Gasteiger partial charge is 0.348 e. The lowest BCUT2D eigenvalue weighted by molar-refractivity contribution is -0.133. The Balaban J connectivity index is 1.45. The van der Waals surface area contributed by atoms with Crippen molar-refractivity contribution in [3.8, 4) is 0 Å². The molecule has 2 atom stereocenters. The van der Waals surface area contributed by atoms with Gasteiger partial charge in [-0.3, -0.25) is 19.8 Å². The Bertz CT molecular complexity index is 1040. The molecule has 3 aromatic rings. The lowest BCUT2D eigenvalue weighted by Gasteiger charge is -2.19. The number of para-hydroxylation sites is 2. The monoisotopic (exact) mass is 393 g/mol. The number of rotatable bonds is 5. The predicted octanol–water partition coefficient (Wildman–Crippen LogP) is 2.19. The van der Waals surface area contributed by atoms with E-state index in [1.807, 2.05) is 37.3 Å². The zero-order chi connectivity index (χ0) is 20.4. The number of fused-ring (bicyclic) bond motifs is 1. The number of carbonyl (C=O) groups is 2. The second kappa shape index (κ2) is 8.00. The van der Waals surface area contributed by atoms with E-state index in [1.54, 1.807) is 17.7 Å². The van der Waals surface area contributed by atoms with E-state index in [2.05, 4.69) is 19.9 Å². The third kappa shape index (κ3) is 3.84. The summed E-state index contributed by atoms with van der Waals surface area (Å²) in [6, 6.07) is 11.2. The summed E-state index contributed by atoms with van der Waals surface area (Å²) in [4.78, 5) is 33.3. The number of aryl methyl sites for hydroxylation is 1. The number of hydrogen-bond acceptors (Lipinski definition) is 5. The highest BCUT2D eigenvalue weighted by molar-refractivity contribution is 5.94. The van der Waals surface area contributed by atoms with E-state index in [-0.39, 0.29) is 11.9 Å². The number of pyridine rings is 1. The fourth-order valence-electron chi connectivity index (χ4n) is 3.99. The first kappa shape index (κ1) is 19.1. The molecule has 1 aliphatic rings. The first-order valence-electron chi connectivity index (χ1n) is 9.68. The van der Waals surface area contributed by atoms with E-state index < -0.39 is 11.8 Å². The number of hydroxylamine groups is 1. The van der Waals surface area contributed by atoms with Crippen molar-refractivity contribution in [2.24, 2.45) is 5.92 Å². The van der Waals surface area contributed by atoms with Gasteiger partial charge in [-0.05, 0) is 44.0 Å². The molecule has 0 bridgehead atoms. The smallest absolute Gasteiger partial charge is 0.253 e. The van der Waals surface area contributed by atoms with Crippen LogP contribution in [0.25, 0.3) is 11.0 Å². The van der Waals surface area contributed by atoms with E-state index in [4.69, 9.17) is 5.21 Å². The Hall–Kier alpha value is -3.26. The van der Waals surface area contributed by atoms with Gasteiger partial charge in [-0.25, -0.2) is 10.5 Å². The van der Waals surface area contributed by atoms with E-state index in [1.165, 1.54) is 0 Å². The van der Waals surface area contributed by atoms with Gasteiger partial charge in [-0.2, -0.15) is 0 Å². The second-order valence-electron chi connectivity index (χ2n) is 7.37. The lowest BCUT2D eigenvalue weighted by Crippen LogP contribution is -2.43. The van der Waals surface area contributed by atoms with Gasteiger partial charge in [0.25, 0.3) is 5.91 Å². The first-order valence-corrected chi connectivity index (χ1v) is 9.68. The average Bonchev–Trinajstić information content (AvgIpc) is 3.32. The third-order valence-electron chi connectivity index (χ3n) is 5.53. The molecule has 150 valence electrons. The average molecular weight is 393 g/mol. The Labute approximate surface area is 167 Å². The van der Waals surface area contributed by atoms with Crippen LogP contribution in [0.1, 0.15) is 41.1 Å². The molecule has 29 heavy (non-hydrogen) atoms. The summed E-state index contributed by atoms with van der Waals surface area (Å²) in [6.45, 7) is 2.53. The number of carbonyl (C=O) groups excluding carboxylic acids is 2. The summed E-state index contributed by atoms with van der Waals surface area (Å²) >= 11 is 0. The Morgan fingerprint density at radius 1 is 1.21 bits per heavy atom. The molecule has 1 aliphatic carbocycles. The quantitative estimate of drug-likeness (QED) is 0.455. The predicted molar refractivity (Wildman–Crippen MR) is 106 cm³/mol. The zero-order valence-corrected chi connectivity index (χ0v) is 16.1. The molecule has 0 spiro atoms. The van der Waals surface area contributed by atoms with Gasteiger partial charge in [0.15, 0.2) is 0 Å². The molecule has 0 saturated heterocycles. The molecule has 0 radical (unpaired) electrons. The number of benzene rings is 1. The number of hydrogen-bond donors (Lipinski definition) is 3. The Morgan fingerprint density at radius 2 is 2.03 bits per heavy atom. The van der Waals surface area contributed by atoms with Crippen LogP contribution in [0.4, 0.5) is 0 Å². The summed E-state index contributed by atoms with van der Waals surface area (Å²) in [5.41, 5.74) is 4.94. The maximum absolute atomic E-state index is 12.6. The van der Waals surface area contributed by atoms with Gasteiger partial charge in [-0.15, -0.1) is 0 Å². The van der Waals surface area contributed by atoms with E-state index >= 15 is 0 Å². The molecule has 2 amide bonds. The molecular formula is C21H23N5O3. The molecule has 0 unspecified atom stereocenters. The Kier molecular flexibility index (Phi) is 5.26. The van der Waals surface area contributed by atoms with Crippen molar-refractivity contribution in [2.75, 3.05) is 0 Å². The van der Waals surface area contributed by atoms with Crippen molar-refractivity contribution in [3.05, 3.63) is 59.7 Å². The molecule has 3 N–H and O–H groups in total. The fourth-order valence-corrected chi connectivity index (χ4v) is 3.99. The van der Waals surface area contributed by atoms with Crippen molar-refractivity contribution in [3.63, 3.8) is 0 Å². The molecule has 1 fully saturated rings. The van der Waals surface area contributed by atoms with Crippen LogP contribution in [0.2, 0.25) is 0 Å². The fraction of sp³-hybridized carbons (Fsp3) is 0.333. The van der Waals surface area contributed by atoms with Crippen LogP contribution in [0.3, 0.4) is 0 Å². The first-order chi connectivity index (χ1) is 14.1. The van der Waals surface area contributed by atoms with Gasteiger partial charge in [-0.1, -0.05) is 18.6 Å². The van der Waals surface area contributed by atoms with Gasteiger partial charge in [0.2, 0.25) is 5.91 Å². The van der Waals surface area contributed by atoms with Gasteiger partial charge in [0, 0.05) is 12.2 Å². The second-order valence-corrected chi connectivity index (χ2v) is 7.37. The minimum atomic E-state index is -0.454. The minimum absolute atomic E-state index is 0.268. The number of nitrogens with zero attached hydrogens (tertiary/aromatic N) is 3. The van der Waals surface area contributed by atoms with Crippen molar-refractivity contribution >= 4 is 22.8 Å². The third-order valence-corrected chi connectivity index (χ3v) is 5.53. The number of amides is 2. The van der Waals surface area contributed by atoms with Gasteiger partial charge < -0.3 is 9.88 Å². The lowest BCUT2D eigenvalue weighted by atomic mass is 10.0. The van der Waals surface area contributed by atoms with E-state index in [9.17, 15) is 9.59 Å². The number of imidazole rings is 1. The van der Waals surface area contributed by atoms with Gasteiger partial charge >= 0.3 is 0 Å². The Morgan fingerprint density at radius 3 is 2.79 bits per heavy atom. The highest BCUT2D eigenvalue weighted by Gasteiger charge is 2.34. The van der Waals surface area contributed by atoms with Crippen LogP contribution >= 0.6 is 0 Å². The van der Waals surface area contributed by atoms with Crippen molar-refractivity contribution in [1.29, 1.82) is 0 Å². The summed E-state index contributed by atoms with van der Waals surface area (Å²) in [5.74, 6) is -0.224. The maximum Gasteiger partial charge on any atom is 0.253 e. The normalized spacial score (nSPS) is 18.7. The summed E-state index contributed by atoms with van der Waals surface area (Å²) in [5, 5.41) is 11.7. The molecule has 2 aromatic heterocycles. The molecule has 8 nitrogen and oxygen atoms in total. The highest BCUT2D eigenvalue weighted by atomic mass is 16.5. The zero-order valence-electron chi connectivity index (χ0n) is 16.1. The van der Waals surface area contributed by atoms with Crippen molar-refractivity contribution in [2.45, 2.75) is 38.8 Å². The maximum atomic E-state index is 12.6. The summed E-state index contributed by atoms with van der Waals surface area (Å²) in [6.07, 6.45) is 3.74. The molecule has 4 rings (SSSR count). The molecule has 8 heteroatoms. The van der Waals surface area contributed by atoms with Crippen molar-refractivity contribution in [1.82, 2.24) is 25.3 Å². The molecular weight excluding hydrogens is 370 g/mol. The van der Waals surface area contributed by atoms with Crippen LogP contribution in [0, 0.1) is 12.8 Å². The van der Waals surface area contributed by atoms with E-state index in [0.29, 0.717) is 24.9 Å². The van der Waals surface area contributed by atoms with Crippen LogP contribution in [0.15, 0.2) is 42.6 Å². The van der Waals surface area contributed by atoms with Crippen molar-refractivity contribution < 1.29 is 14.8 Å². The minimum Gasteiger partial charge on any atom is -0.348 e. The van der Waals surface area contributed by atoms with Gasteiger partial charge in [0.1, 0.15) is 5.82 Å². The van der Waals surface area contributed by atoms with E-state index in [0.717, 1.165) is 29.0 Å². The van der Waals surface area contributed by atoms with Crippen LogP contribution < -0.4 is 10.8 Å². The molecule has 0 aliphatic heterocycles. The SMILES string of the molecule is Cc1nc2ccccc2n1Cc1ccc(C(=O)N[C@H]2CCC[C@H]2C(=O)NO)cn1. The summed E-state index contributed by atoms with van der Waals surface area (Å²) in [7, 11) is 0. The van der Waals surface area contributed by atoms with Crippen LogP contribution in [-0.4, -0.2) is 37.6 Å². The highest BCUT2D eigenvalue weighted by Crippen LogP contribution is 2.26. The van der Waals surface area contributed by atoms with Crippen LogP contribution in [-0.2, 0) is 11.3 Å². The topological polar surface area (TPSA) is 109 Å². The molecule has 2 heterocycles. The molecule has 1 aromatic carbocycles. The van der Waals surface area contributed by atoms with Crippen LogP contribution in [0.5, 0.6) is 0 Å². The number of nitrogens with one attached hydrogen (secondary N) is 2. The number of aromatic nitrogens is 3. The molecule has 1 saturated carbocycles. The van der Waals surface area contributed by atoms with Gasteiger partial charge in [0.05, 0.1) is 34.8 Å². The standard InChI is InChI=1S/C21H23N5O3/c1-13-23-18-6-2-3-8-19(18)26(13)12-15-10-9-14(11-22-15)20(27)24-17-7-4-5-16(17)21(28)25-29/h2-3,6,8-11,16-17,29H,4-5,7,12H2,1H3,(H,24,27)(H,25,28)/t16-,17+/m1/s1. The summed E-state index contributed by atoms with van der Waals surface area (Å²) < 4.78 is 2.09.